The molecule has 21 heavy (non-hydrogen) atoms. The summed E-state index contributed by atoms with van der Waals surface area (Å²) >= 11 is 7.91. The molecule has 1 atom stereocenters. The first-order chi connectivity index (χ1) is 10.2. The monoisotopic (exact) mass is 321 g/mol. The highest BCUT2D eigenvalue weighted by molar-refractivity contribution is 7.11. The van der Waals surface area contributed by atoms with Crippen molar-refractivity contribution in [2.24, 2.45) is 0 Å². The number of halogens is 1. The zero-order valence-corrected chi connectivity index (χ0v) is 14.4. The maximum atomic E-state index is 5.97. The fourth-order valence-electron chi connectivity index (χ4n) is 2.43. The summed E-state index contributed by atoms with van der Waals surface area (Å²) in [6.45, 7) is 5.51. The molecule has 114 valence electrons. The van der Waals surface area contributed by atoms with Crippen LogP contribution in [0.2, 0.25) is 5.02 Å². The molecule has 1 aromatic carbocycles. The van der Waals surface area contributed by atoms with E-state index in [1.807, 2.05) is 23.5 Å². The van der Waals surface area contributed by atoms with E-state index in [1.165, 1.54) is 21.7 Å². The Balaban J connectivity index is 2.01. The molecule has 3 heteroatoms. The lowest BCUT2D eigenvalue weighted by Crippen LogP contribution is -2.33. The lowest BCUT2D eigenvalue weighted by molar-refractivity contribution is 0.507. The van der Waals surface area contributed by atoms with E-state index in [0.717, 1.165) is 30.8 Å². The molecule has 0 spiro atoms. The fourth-order valence-corrected chi connectivity index (χ4v) is 3.60. The predicted molar refractivity (Wildman–Crippen MR) is 94.6 cm³/mol. The third kappa shape index (κ3) is 5.46. The van der Waals surface area contributed by atoms with Crippen molar-refractivity contribution in [3.63, 3.8) is 0 Å². The molecule has 2 aromatic rings. The van der Waals surface area contributed by atoms with Gasteiger partial charge in [0.15, 0.2) is 0 Å². The molecule has 1 N–H and O–H groups in total. The Morgan fingerprint density at radius 3 is 2.33 bits per heavy atom. The van der Waals surface area contributed by atoms with Gasteiger partial charge >= 0.3 is 0 Å². The predicted octanol–water partition coefficient (Wildman–Crippen LogP) is 5.12. The number of benzene rings is 1. The average molecular weight is 322 g/mol. The van der Waals surface area contributed by atoms with Crippen LogP contribution in [0.25, 0.3) is 0 Å². The van der Waals surface area contributed by atoms with Crippen molar-refractivity contribution >= 4 is 22.9 Å². The fraction of sp³-hybridized carbons (Fsp3) is 0.444. The molecule has 0 fully saturated rings. The highest BCUT2D eigenvalue weighted by Gasteiger charge is 2.11. The van der Waals surface area contributed by atoms with Gasteiger partial charge < -0.3 is 5.32 Å². The van der Waals surface area contributed by atoms with Crippen LogP contribution in [0.1, 0.15) is 35.6 Å². The van der Waals surface area contributed by atoms with Crippen LogP contribution in [0.4, 0.5) is 0 Å². The summed E-state index contributed by atoms with van der Waals surface area (Å²) in [5.41, 5.74) is 1.35. The lowest BCUT2D eigenvalue weighted by atomic mass is 10.0. The van der Waals surface area contributed by atoms with Crippen LogP contribution >= 0.6 is 22.9 Å². The summed E-state index contributed by atoms with van der Waals surface area (Å²) < 4.78 is 0. The molecular formula is C18H24ClNS. The van der Waals surface area contributed by atoms with E-state index in [9.17, 15) is 0 Å². The molecule has 0 aliphatic heterocycles. The molecule has 0 aliphatic rings. The number of hydrogen-bond acceptors (Lipinski definition) is 2. The van der Waals surface area contributed by atoms with Crippen LogP contribution in [-0.2, 0) is 19.3 Å². The largest absolute Gasteiger partial charge is 0.313 e. The van der Waals surface area contributed by atoms with E-state index in [2.05, 4.69) is 43.4 Å². The summed E-state index contributed by atoms with van der Waals surface area (Å²) in [5.74, 6) is 0. The SMILES string of the molecule is CCCNC(Cc1ccc(Cl)cc1)Cc1ccc(CC)s1. The normalized spacial score (nSPS) is 12.5. The first kappa shape index (κ1) is 16.5. The summed E-state index contributed by atoms with van der Waals surface area (Å²) in [4.78, 5) is 2.96. The highest BCUT2D eigenvalue weighted by atomic mass is 35.5. The summed E-state index contributed by atoms with van der Waals surface area (Å²) in [6, 6.07) is 13.3. The van der Waals surface area contributed by atoms with Crippen molar-refractivity contribution in [3.05, 3.63) is 56.7 Å². The second kappa shape index (κ2) is 8.57. The highest BCUT2D eigenvalue weighted by Crippen LogP contribution is 2.20. The Morgan fingerprint density at radius 2 is 1.71 bits per heavy atom. The Labute approximate surface area is 137 Å². The Morgan fingerprint density at radius 1 is 1.00 bits per heavy atom. The first-order valence-electron chi connectivity index (χ1n) is 7.76. The van der Waals surface area contributed by atoms with Gasteiger partial charge in [-0.15, -0.1) is 11.3 Å². The summed E-state index contributed by atoms with van der Waals surface area (Å²) in [5, 5.41) is 4.49. The van der Waals surface area contributed by atoms with E-state index < -0.39 is 0 Å². The van der Waals surface area contributed by atoms with Gasteiger partial charge in [-0.1, -0.05) is 37.6 Å². The van der Waals surface area contributed by atoms with Crippen LogP contribution in [0, 0.1) is 0 Å². The van der Waals surface area contributed by atoms with E-state index in [-0.39, 0.29) is 0 Å². The van der Waals surface area contributed by atoms with Gasteiger partial charge in [-0.05, 0) is 62.1 Å². The van der Waals surface area contributed by atoms with Crippen LogP contribution in [0.5, 0.6) is 0 Å². The van der Waals surface area contributed by atoms with Crippen LogP contribution in [0.3, 0.4) is 0 Å². The number of aryl methyl sites for hydroxylation is 1. The topological polar surface area (TPSA) is 12.0 Å². The van der Waals surface area contributed by atoms with Gasteiger partial charge in [0.25, 0.3) is 0 Å². The Kier molecular flexibility index (Phi) is 6.75. The van der Waals surface area contributed by atoms with Gasteiger partial charge in [-0.2, -0.15) is 0 Å². The maximum absolute atomic E-state index is 5.97. The second-order valence-electron chi connectivity index (χ2n) is 5.41. The van der Waals surface area contributed by atoms with Crippen molar-refractivity contribution in [1.29, 1.82) is 0 Å². The smallest absolute Gasteiger partial charge is 0.0406 e. The van der Waals surface area contributed by atoms with E-state index >= 15 is 0 Å². The molecule has 2 rings (SSSR count). The first-order valence-corrected chi connectivity index (χ1v) is 8.96. The summed E-state index contributed by atoms with van der Waals surface area (Å²) in [7, 11) is 0. The van der Waals surface area contributed by atoms with Gasteiger partial charge in [0.2, 0.25) is 0 Å². The van der Waals surface area contributed by atoms with Crippen molar-refractivity contribution in [3.8, 4) is 0 Å². The molecule has 0 saturated heterocycles. The third-order valence-corrected chi connectivity index (χ3v) is 5.10. The zero-order chi connectivity index (χ0) is 15.1. The van der Waals surface area contributed by atoms with Crippen LogP contribution in [-0.4, -0.2) is 12.6 Å². The number of nitrogens with one attached hydrogen (secondary N) is 1. The second-order valence-corrected chi connectivity index (χ2v) is 7.10. The quantitative estimate of drug-likeness (QED) is 0.711. The molecular weight excluding hydrogens is 298 g/mol. The molecule has 0 bridgehead atoms. The standard InChI is InChI=1S/C18H24ClNS/c1-3-11-20-16(12-14-5-7-15(19)8-6-14)13-18-10-9-17(4-2)21-18/h5-10,16,20H,3-4,11-13H2,1-2H3. The minimum atomic E-state index is 0.495. The van der Waals surface area contributed by atoms with Crippen molar-refractivity contribution in [1.82, 2.24) is 5.32 Å². The lowest BCUT2D eigenvalue weighted by Gasteiger charge is -2.18. The number of hydrogen-bond donors (Lipinski definition) is 1. The van der Waals surface area contributed by atoms with E-state index in [0.29, 0.717) is 6.04 Å². The molecule has 0 radical (unpaired) electrons. The molecule has 1 unspecified atom stereocenters. The van der Waals surface area contributed by atoms with Crippen LogP contribution in [0.15, 0.2) is 36.4 Å². The van der Waals surface area contributed by atoms with E-state index in [4.69, 9.17) is 11.6 Å². The molecule has 0 aliphatic carbocycles. The minimum absolute atomic E-state index is 0.495. The number of thiophene rings is 1. The van der Waals surface area contributed by atoms with Crippen molar-refractivity contribution in [2.75, 3.05) is 6.54 Å². The van der Waals surface area contributed by atoms with Gasteiger partial charge in [0.05, 0.1) is 0 Å². The van der Waals surface area contributed by atoms with Crippen LogP contribution < -0.4 is 5.32 Å². The number of rotatable bonds is 8. The molecule has 1 nitrogen and oxygen atoms in total. The van der Waals surface area contributed by atoms with Gasteiger partial charge in [-0.3, -0.25) is 0 Å². The van der Waals surface area contributed by atoms with E-state index in [1.54, 1.807) is 0 Å². The maximum Gasteiger partial charge on any atom is 0.0406 e. The van der Waals surface area contributed by atoms with Gasteiger partial charge in [-0.25, -0.2) is 0 Å². The third-order valence-electron chi connectivity index (χ3n) is 3.59. The Hall–Kier alpha value is -0.830. The molecule has 0 saturated carbocycles. The molecule has 0 amide bonds. The molecule has 1 heterocycles. The zero-order valence-electron chi connectivity index (χ0n) is 12.9. The van der Waals surface area contributed by atoms with Crippen molar-refractivity contribution < 1.29 is 0 Å². The molecule has 1 aromatic heterocycles. The van der Waals surface area contributed by atoms with Gasteiger partial charge in [0.1, 0.15) is 0 Å². The average Bonchev–Trinajstić information content (AvgIpc) is 2.95. The minimum Gasteiger partial charge on any atom is -0.313 e. The Bertz CT molecular complexity index is 532. The van der Waals surface area contributed by atoms with Crippen molar-refractivity contribution in [2.45, 2.75) is 45.6 Å². The van der Waals surface area contributed by atoms with Gasteiger partial charge in [0, 0.05) is 20.8 Å². The summed E-state index contributed by atoms with van der Waals surface area (Å²) in [6.07, 6.45) is 4.46.